The zero-order valence-corrected chi connectivity index (χ0v) is 21.2. The topological polar surface area (TPSA) is 102 Å². The Morgan fingerprint density at radius 3 is 2.46 bits per heavy atom. The van der Waals surface area contributed by atoms with Crippen LogP contribution in [0.1, 0.15) is 50.9 Å². The number of aryl methyl sites for hydroxylation is 1. The van der Waals surface area contributed by atoms with E-state index in [9.17, 15) is 28.7 Å². The zero-order valence-electron chi connectivity index (χ0n) is 20.3. The van der Waals surface area contributed by atoms with E-state index in [0.29, 0.717) is 0 Å². The van der Waals surface area contributed by atoms with Crippen molar-refractivity contribution in [3.63, 3.8) is 0 Å². The lowest BCUT2D eigenvalue weighted by atomic mass is 9.99. The van der Waals surface area contributed by atoms with Crippen molar-refractivity contribution < 1.29 is 23.1 Å². The Kier molecular flexibility index (Phi) is 6.24. The van der Waals surface area contributed by atoms with Crippen LogP contribution in [-0.4, -0.2) is 31.0 Å². The first-order chi connectivity index (χ1) is 17.3. The maximum absolute atomic E-state index is 15.1. The molecule has 1 saturated heterocycles. The molecule has 37 heavy (non-hydrogen) atoms. The van der Waals surface area contributed by atoms with Crippen LogP contribution in [0.5, 0.6) is 5.75 Å². The van der Waals surface area contributed by atoms with Gasteiger partial charge in [0.25, 0.3) is 17.4 Å². The number of aromatic hydroxyl groups is 1. The van der Waals surface area contributed by atoms with Crippen molar-refractivity contribution in [3.05, 3.63) is 63.5 Å². The average Bonchev–Trinajstić information content (AvgIpc) is 3.04. The summed E-state index contributed by atoms with van der Waals surface area (Å²) in [7, 11) is 0. The number of alkyl halides is 2. The molecule has 0 unspecified atom stereocenters. The molecule has 3 aromatic rings. The number of rotatable bonds is 5. The molecule has 1 aliphatic rings. The lowest BCUT2D eigenvalue weighted by Gasteiger charge is -2.29. The van der Waals surface area contributed by atoms with Gasteiger partial charge in [0.2, 0.25) is 5.75 Å². The normalized spacial score (nSPS) is 15.5. The number of anilines is 2. The number of thiocarbonyl (C=S) groups is 1. The highest BCUT2D eigenvalue weighted by Gasteiger charge is 2.51. The van der Waals surface area contributed by atoms with Gasteiger partial charge in [-0.3, -0.25) is 18.9 Å². The van der Waals surface area contributed by atoms with Gasteiger partial charge in [0.05, 0.1) is 28.7 Å². The summed E-state index contributed by atoms with van der Waals surface area (Å²) in [5, 5.41) is 19.3. The Labute approximate surface area is 215 Å². The summed E-state index contributed by atoms with van der Waals surface area (Å²) in [5.74, 6) is -5.44. The first kappa shape index (κ1) is 26.1. The predicted octanol–water partition coefficient (Wildman–Crippen LogP) is 4.39. The fraction of sp³-hybridized carbons (Fsp3) is 0.320. The number of carbonyl (C=O) groups is 1. The molecule has 1 aliphatic heterocycles. The van der Waals surface area contributed by atoms with Crippen LogP contribution in [0.25, 0.3) is 5.65 Å². The number of hydrogen-bond donors (Lipinski definition) is 1. The molecule has 2 aromatic heterocycles. The van der Waals surface area contributed by atoms with E-state index in [4.69, 9.17) is 12.2 Å². The van der Waals surface area contributed by atoms with E-state index >= 15 is 4.39 Å². The molecule has 1 aromatic carbocycles. The number of hydrogen-bond acceptors (Lipinski definition) is 6. The van der Waals surface area contributed by atoms with E-state index in [-0.39, 0.29) is 39.8 Å². The third kappa shape index (κ3) is 3.90. The molecule has 4 rings (SSSR count). The molecule has 192 valence electrons. The molecule has 0 radical (unpaired) electrons. The van der Waals surface area contributed by atoms with Gasteiger partial charge in [-0.1, -0.05) is 13.8 Å². The molecule has 0 spiro atoms. The van der Waals surface area contributed by atoms with E-state index in [2.05, 4.69) is 4.98 Å². The maximum Gasteiger partial charge on any atom is 0.300 e. The number of nitriles is 1. The van der Waals surface area contributed by atoms with Crippen molar-refractivity contribution in [2.75, 3.05) is 9.80 Å². The molecule has 0 saturated carbocycles. The minimum absolute atomic E-state index is 0.0103. The number of aromatic nitrogens is 2. The summed E-state index contributed by atoms with van der Waals surface area (Å²) in [5.41, 5.74) is -3.34. The van der Waals surface area contributed by atoms with E-state index < -0.39 is 46.5 Å². The van der Waals surface area contributed by atoms with Gasteiger partial charge in [0.15, 0.2) is 16.6 Å². The molecule has 0 aliphatic carbocycles. The van der Waals surface area contributed by atoms with E-state index in [0.717, 1.165) is 21.4 Å². The second kappa shape index (κ2) is 8.85. The number of fused-ring (bicyclic) bond motifs is 1. The van der Waals surface area contributed by atoms with Gasteiger partial charge in [-0.05, 0) is 50.7 Å². The Balaban J connectivity index is 1.88. The monoisotopic (exact) mass is 529 g/mol. The van der Waals surface area contributed by atoms with Crippen molar-refractivity contribution in [2.24, 2.45) is 0 Å². The fourth-order valence-electron chi connectivity index (χ4n) is 4.31. The Morgan fingerprint density at radius 2 is 1.86 bits per heavy atom. The number of carbonyl (C=O) groups excluding carboxylic acids is 1. The molecule has 1 amide bonds. The maximum atomic E-state index is 15.1. The molecule has 12 heteroatoms. The van der Waals surface area contributed by atoms with Crippen LogP contribution < -0.4 is 15.4 Å². The van der Waals surface area contributed by atoms with Gasteiger partial charge in [-0.25, -0.2) is 18.2 Å². The van der Waals surface area contributed by atoms with Gasteiger partial charge in [0.1, 0.15) is 5.54 Å². The Morgan fingerprint density at radius 1 is 1.19 bits per heavy atom. The Bertz CT molecular complexity index is 1580. The van der Waals surface area contributed by atoms with E-state index in [1.165, 1.54) is 44.0 Å². The van der Waals surface area contributed by atoms with E-state index in [1.54, 1.807) is 13.0 Å². The molecular formula is C25H22F3N5O3S. The van der Waals surface area contributed by atoms with Crippen molar-refractivity contribution in [1.29, 1.82) is 5.26 Å². The lowest BCUT2D eigenvalue weighted by molar-refractivity contribution is -0.120. The lowest BCUT2D eigenvalue weighted by Crippen LogP contribution is -2.44. The average molecular weight is 530 g/mol. The minimum Gasteiger partial charge on any atom is -0.502 e. The number of pyridine rings is 1. The third-order valence-corrected chi connectivity index (χ3v) is 6.76. The van der Waals surface area contributed by atoms with Crippen LogP contribution in [0.2, 0.25) is 0 Å². The van der Waals surface area contributed by atoms with Crippen LogP contribution in [0.3, 0.4) is 0 Å². The summed E-state index contributed by atoms with van der Waals surface area (Å²) < 4.78 is 45.2. The molecule has 1 N–H and O–H groups in total. The van der Waals surface area contributed by atoms with Crippen LogP contribution in [0.15, 0.2) is 35.3 Å². The summed E-state index contributed by atoms with van der Waals surface area (Å²) in [6, 6.07) is 6.36. The molecule has 0 atom stereocenters. The van der Waals surface area contributed by atoms with Crippen LogP contribution in [-0.2, 0) is 17.1 Å². The van der Waals surface area contributed by atoms with Crippen LogP contribution in [0, 0.1) is 17.1 Å². The number of amides is 1. The SMILES string of the molecule is CCc1nc2c(F)cc(N3C(=S)N(c4ccc(C#N)c(C(F)(F)CC)c4)C(=O)C3(C)C)cn2c(=O)c1O. The summed E-state index contributed by atoms with van der Waals surface area (Å²) in [6.45, 7) is 5.94. The number of halogens is 3. The quantitative estimate of drug-likeness (QED) is 0.489. The Hall–Kier alpha value is -3.98. The molecular weight excluding hydrogens is 507 g/mol. The zero-order chi connectivity index (χ0) is 27.4. The summed E-state index contributed by atoms with van der Waals surface area (Å²) in [4.78, 5) is 32.6. The van der Waals surface area contributed by atoms with Gasteiger partial charge in [-0.15, -0.1) is 0 Å². The molecule has 1 fully saturated rings. The molecule has 3 heterocycles. The second-order valence-electron chi connectivity index (χ2n) is 9.02. The van der Waals surface area contributed by atoms with Gasteiger partial charge in [-0.2, -0.15) is 5.26 Å². The smallest absolute Gasteiger partial charge is 0.300 e. The largest absolute Gasteiger partial charge is 0.502 e. The highest BCUT2D eigenvalue weighted by molar-refractivity contribution is 7.81. The number of benzene rings is 1. The van der Waals surface area contributed by atoms with E-state index in [1.807, 2.05) is 0 Å². The summed E-state index contributed by atoms with van der Waals surface area (Å²) >= 11 is 5.55. The first-order valence-corrected chi connectivity index (χ1v) is 11.8. The van der Waals surface area contributed by atoms with Crippen molar-refractivity contribution in [1.82, 2.24) is 9.38 Å². The molecule has 8 nitrogen and oxygen atoms in total. The fourth-order valence-corrected chi connectivity index (χ4v) is 4.83. The first-order valence-electron chi connectivity index (χ1n) is 11.3. The van der Waals surface area contributed by atoms with Crippen LogP contribution >= 0.6 is 12.2 Å². The standard InChI is InChI=1S/C25H22F3N5O3S/c1-5-18-19(34)21(35)31-12-15(10-17(26)20(31)30-18)33-23(37)32(22(36)24(33,3)4)14-8-7-13(11-29)16(9-14)25(27,28)6-2/h7-10,12,34H,5-6H2,1-4H3. The van der Waals surface area contributed by atoms with Crippen molar-refractivity contribution in [3.8, 4) is 11.8 Å². The van der Waals surface area contributed by atoms with Gasteiger partial charge < -0.3 is 10.0 Å². The molecule has 0 bridgehead atoms. The minimum atomic E-state index is -3.32. The second-order valence-corrected chi connectivity index (χ2v) is 9.39. The van der Waals surface area contributed by atoms with Gasteiger partial charge in [0, 0.05) is 24.2 Å². The third-order valence-electron chi connectivity index (χ3n) is 6.39. The van der Waals surface area contributed by atoms with Crippen LogP contribution in [0.4, 0.5) is 24.5 Å². The highest BCUT2D eigenvalue weighted by atomic mass is 32.1. The van der Waals surface area contributed by atoms with Gasteiger partial charge >= 0.3 is 0 Å². The number of nitrogens with zero attached hydrogens (tertiary/aromatic N) is 5. The highest BCUT2D eigenvalue weighted by Crippen LogP contribution is 2.40. The van der Waals surface area contributed by atoms with Crippen molar-refractivity contribution in [2.45, 2.75) is 52.0 Å². The summed E-state index contributed by atoms with van der Waals surface area (Å²) in [6.07, 6.45) is 0.842. The van der Waals surface area contributed by atoms with Crippen molar-refractivity contribution >= 4 is 40.3 Å². The predicted molar refractivity (Wildman–Crippen MR) is 134 cm³/mol.